The molecule has 1 aromatic rings. The van der Waals surface area contributed by atoms with Gasteiger partial charge in [0.25, 0.3) is 0 Å². The van der Waals surface area contributed by atoms with Crippen molar-refractivity contribution in [1.82, 2.24) is 0 Å². The summed E-state index contributed by atoms with van der Waals surface area (Å²) in [5, 5.41) is 20.6. The number of aliphatic hydroxyl groups is 2. The summed E-state index contributed by atoms with van der Waals surface area (Å²) in [5.41, 5.74) is 0.623. The minimum absolute atomic E-state index is 0.355. The summed E-state index contributed by atoms with van der Waals surface area (Å²) in [5.74, 6) is 0.779. The van der Waals surface area contributed by atoms with Crippen molar-refractivity contribution in [3.63, 3.8) is 0 Å². The summed E-state index contributed by atoms with van der Waals surface area (Å²) in [6, 6.07) is 5.57. The van der Waals surface area contributed by atoms with Crippen molar-refractivity contribution in [3.05, 3.63) is 42.0 Å². The molecule has 0 spiro atoms. The molecule has 0 heterocycles. The minimum Gasteiger partial charge on any atom is -0.497 e. The first-order valence-corrected chi connectivity index (χ1v) is 5.80. The maximum absolute atomic E-state index is 10.6. The lowest BCUT2D eigenvalue weighted by molar-refractivity contribution is -0.0881. The smallest absolute Gasteiger partial charge is 0.119 e. The number of hydrogen-bond donors (Lipinski definition) is 2. The number of aryl methyl sites for hydroxylation is 1. The second-order valence-electron chi connectivity index (χ2n) is 4.49. The lowest BCUT2D eigenvalue weighted by Gasteiger charge is -2.38. The molecule has 0 fully saturated rings. The molecule has 0 saturated heterocycles. The van der Waals surface area contributed by atoms with Crippen LogP contribution < -0.4 is 4.74 Å². The van der Waals surface area contributed by atoms with Gasteiger partial charge in [-0.1, -0.05) is 12.1 Å². The molecule has 17 heavy (non-hydrogen) atoms. The van der Waals surface area contributed by atoms with Crippen LogP contribution >= 0.6 is 0 Å². The highest BCUT2D eigenvalue weighted by Crippen LogP contribution is 2.39. The van der Waals surface area contributed by atoms with Gasteiger partial charge in [0.2, 0.25) is 0 Å². The first kappa shape index (κ1) is 12.1. The lowest BCUT2D eigenvalue weighted by Crippen LogP contribution is -2.43. The van der Waals surface area contributed by atoms with Crippen molar-refractivity contribution in [1.29, 1.82) is 0 Å². The Morgan fingerprint density at radius 3 is 3.00 bits per heavy atom. The summed E-state index contributed by atoms with van der Waals surface area (Å²) in [7, 11) is 1.62. The molecule has 0 aromatic heterocycles. The predicted octanol–water partition coefficient (Wildman–Crippen LogP) is 1.77. The summed E-state index contributed by atoms with van der Waals surface area (Å²) in [6.45, 7) is 3.65. The van der Waals surface area contributed by atoms with E-state index < -0.39 is 11.7 Å². The summed E-state index contributed by atoms with van der Waals surface area (Å²) in [6.07, 6.45) is 2.58. The average molecular weight is 234 g/mol. The Hall–Kier alpha value is -1.32. The predicted molar refractivity (Wildman–Crippen MR) is 66.0 cm³/mol. The van der Waals surface area contributed by atoms with Gasteiger partial charge in [-0.05, 0) is 36.1 Å². The molecule has 92 valence electrons. The first-order valence-electron chi connectivity index (χ1n) is 5.80. The standard InChI is InChI=1S/C14H18O3/c1-3-8-14(16)12-6-5-11(17-2)9-10(12)4-7-13(14)15/h3,5-6,9,13,15-16H,1,4,7-8H2,2H3/t13-,14-/m1/s1. The third-order valence-corrected chi connectivity index (χ3v) is 3.47. The van der Waals surface area contributed by atoms with Gasteiger partial charge in [0.1, 0.15) is 11.4 Å². The number of ether oxygens (including phenoxy) is 1. The van der Waals surface area contributed by atoms with Gasteiger partial charge in [-0.15, -0.1) is 6.58 Å². The van der Waals surface area contributed by atoms with E-state index in [1.54, 1.807) is 13.2 Å². The second-order valence-corrected chi connectivity index (χ2v) is 4.49. The van der Waals surface area contributed by atoms with Gasteiger partial charge in [0, 0.05) is 6.42 Å². The van der Waals surface area contributed by atoms with Crippen molar-refractivity contribution in [2.24, 2.45) is 0 Å². The number of hydrogen-bond acceptors (Lipinski definition) is 3. The molecule has 2 rings (SSSR count). The third kappa shape index (κ3) is 1.96. The minimum atomic E-state index is -1.21. The lowest BCUT2D eigenvalue weighted by atomic mass is 9.75. The number of methoxy groups -OCH3 is 1. The topological polar surface area (TPSA) is 49.7 Å². The van der Waals surface area contributed by atoms with E-state index in [1.807, 2.05) is 18.2 Å². The number of fused-ring (bicyclic) bond motifs is 1. The Morgan fingerprint density at radius 1 is 1.59 bits per heavy atom. The fraction of sp³-hybridized carbons (Fsp3) is 0.429. The molecule has 0 aliphatic heterocycles. The molecular formula is C14H18O3. The van der Waals surface area contributed by atoms with Crippen molar-refractivity contribution in [2.45, 2.75) is 31.0 Å². The van der Waals surface area contributed by atoms with Crippen molar-refractivity contribution in [2.75, 3.05) is 7.11 Å². The van der Waals surface area contributed by atoms with E-state index in [0.717, 1.165) is 23.3 Å². The van der Waals surface area contributed by atoms with Crippen LogP contribution in [0.5, 0.6) is 5.75 Å². The van der Waals surface area contributed by atoms with Crippen LogP contribution in [0.1, 0.15) is 24.0 Å². The Bertz CT molecular complexity index is 427. The van der Waals surface area contributed by atoms with Gasteiger partial charge in [-0.25, -0.2) is 0 Å². The van der Waals surface area contributed by atoms with E-state index >= 15 is 0 Å². The van der Waals surface area contributed by atoms with E-state index in [1.165, 1.54) is 0 Å². The van der Waals surface area contributed by atoms with Crippen LogP contribution in [-0.2, 0) is 12.0 Å². The quantitative estimate of drug-likeness (QED) is 0.784. The molecule has 2 atom stereocenters. The third-order valence-electron chi connectivity index (χ3n) is 3.47. The highest BCUT2D eigenvalue weighted by Gasteiger charge is 2.40. The Labute approximate surface area is 101 Å². The summed E-state index contributed by atoms with van der Waals surface area (Å²) < 4.78 is 5.17. The molecular weight excluding hydrogens is 216 g/mol. The van der Waals surface area contributed by atoms with Gasteiger partial charge in [0.05, 0.1) is 13.2 Å². The second kappa shape index (κ2) is 4.51. The van der Waals surface area contributed by atoms with Gasteiger partial charge in [-0.3, -0.25) is 0 Å². The largest absolute Gasteiger partial charge is 0.497 e. The van der Waals surface area contributed by atoms with Gasteiger partial charge in [-0.2, -0.15) is 0 Å². The maximum Gasteiger partial charge on any atom is 0.119 e. The normalized spacial score (nSPS) is 27.4. The number of benzene rings is 1. The zero-order valence-electron chi connectivity index (χ0n) is 10.0. The van der Waals surface area contributed by atoms with Crippen molar-refractivity contribution < 1.29 is 14.9 Å². The zero-order chi connectivity index (χ0) is 12.5. The van der Waals surface area contributed by atoms with E-state index in [0.29, 0.717) is 12.8 Å². The Kier molecular flexibility index (Phi) is 3.22. The monoisotopic (exact) mass is 234 g/mol. The van der Waals surface area contributed by atoms with Crippen LogP contribution in [0.15, 0.2) is 30.9 Å². The molecule has 0 unspecified atom stereocenters. The highest BCUT2D eigenvalue weighted by molar-refractivity contribution is 5.42. The van der Waals surface area contributed by atoms with Crippen LogP contribution in [0, 0.1) is 0 Å². The molecule has 3 heteroatoms. The van der Waals surface area contributed by atoms with Crippen LogP contribution in [-0.4, -0.2) is 23.4 Å². The number of rotatable bonds is 3. The molecule has 3 nitrogen and oxygen atoms in total. The summed E-state index contributed by atoms with van der Waals surface area (Å²) >= 11 is 0. The molecule has 0 radical (unpaired) electrons. The Morgan fingerprint density at radius 2 is 2.35 bits per heavy atom. The fourth-order valence-corrected chi connectivity index (χ4v) is 2.50. The van der Waals surface area contributed by atoms with Crippen LogP contribution in [0.4, 0.5) is 0 Å². The molecule has 2 N–H and O–H groups in total. The highest BCUT2D eigenvalue weighted by atomic mass is 16.5. The maximum atomic E-state index is 10.6. The molecule has 0 bridgehead atoms. The molecule has 1 aromatic carbocycles. The molecule has 0 amide bonds. The van der Waals surface area contributed by atoms with Crippen LogP contribution in [0.25, 0.3) is 0 Å². The van der Waals surface area contributed by atoms with Gasteiger partial charge in [0.15, 0.2) is 0 Å². The molecule has 1 aliphatic carbocycles. The summed E-state index contributed by atoms with van der Waals surface area (Å²) in [4.78, 5) is 0. The molecule has 0 saturated carbocycles. The first-order chi connectivity index (χ1) is 8.11. The van der Waals surface area contributed by atoms with Gasteiger partial charge >= 0.3 is 0 Å². The SMILES string of the molecule is C=CC[C@@]1(O)c2ccc(OC)cc2CC[C@H]1O. The van der Waals surface area contributed by atoms with Gasteiger partial charge < -0.3 is 14.9 Å². The van der Waals surface area contributed by atoms with Crippen LogP contribution in [0.3, 0.4) is 0 Å². The van der Waals surface area contributed by atoms with E-state index in [-0.39, 0.29) is 0 Å². The fourth-order valence-electron chi connectivity index (χ4n) is 2.50. The number of aliphatic hydroxyl groups excluding tert-OH is 1. The van der Waals surface area contributed by atoms with Crippen LogP contribution in [0.2, 0.25) is 0 Å². The molecule has 1 aliphatic rings. The zero-order valence-corrected chi connectivity index (χ0v) is 10.0. The van der Waals surface area contributed by atoms with E-state index in [4.69, 9.17) is 4.74 Å². The van der Waals surface area contributed by atoms with E-state index in [9.17, 15) is 10.2 Å². The van der Waals surface area contributed by atoms with Crippen molar-refractivity contribution >= 4 is 0 Å². The van der Waals surface area contributed by atoms with E-state index in [2.05, 4.69) is 6.58 Å². The Balaban J connectivity index is 2.48. The van der Waals surface area contributed by atoms with Crippen molar-refractivity contribution in [3.8, 4) is 5.75 Å². The average Bonchev–Trinajstić information content (AvgIpc) is 2.34.